The highest BCUT2D eigenvalue weighted by Gasteiger charge is 2.26. The average Bonchev–Trinajstić information content (AvgIpc) is 3.48. The van der Waals surface area contributed by atoms with Gasteiger partial charge in [0.05, 0.1) is 6.54 Å². The van der Waals surface area contributed by atoms with Gasteiger partial charge in [0, 0.05) is 65.3 Å². The molecule has 2 N–H and O–H groups in total. The van der Waals surface area contributed by atoms with Gasteiger partial charge in [-0.1, -0.05) is 24.3 Å². The lowest BCUT2D eigenvalue weighted by Crippen LogP contribution is -2.54. The fraction of sp³-hybridized carbons (Fsp3) is 0.609. The van der Waals surface area contributed by atoms with Gasteiger partial charge in [-0.25, -0.2) is 0 Å². The Hall–Kier alpha value is -1.88. The van der Waals surface area contributed by atoms with E-state index in [1.165, 1.54) is 11.1 Å². The first-order valence-electron chi connectivity index (χ1n) is 11.4. The van der Waals surface area contributed by atoms with Crippen molar-refractivity contribution in [1.82, 2.24) is 25.3 Å². The molecule has 3 aliphatic rings. The maximum Gasteiger partial charge on any atom is 0.234 e. The molecule has 1 saturated carbocycles. The van der Waals surface area contributed by atoms with Crippen molar-refractivity contribution < 1.29 is 9.59 Å². The fourth-order valence-corrected chi connectivity index (χ4v) is 4.26. The molecule has 0 bridgehead atoms. The van der Waals surface area contributed by atoms with Crippen molar-refractivity contribution in [2.75, 3.05) is 46.3 Å². The lowest BCUT2D eigenvalue weighted by atomic mass is 10.1. The van der Waals surface area contributed by atoms with Crippen LogP contribution in [0.4, 0.5) is 0 Å². The molecular weight excluding hydrogens is 519 g/mol. The molecule has 0 aromatic heterocycles. The summed E-state index contributed by atoms with van der Waals surface area (Å²) in [6.07, 6.45) is 3.57. The minimum atomic E-state index is 0. The summed E-state index contributed by atoms with van der Waals surface area (Å²) in [4.78, 5) is 35.3. The predicted octanol–water partition coefficient (Wildman–Crippen LogP) is 1.40. The van der Waals surface area contributed by atoms with E-state index in [1.807, 2.05) is 17.0 Å². The third-order valence-electron chi connectivity index (χ3n) is 6.24. The Kier molecular flexibility index (Phi) is 9.15. The third-order valence-corrected chi connectivity index (χ3v) is 6.24. The van der Waals surface area contributed by atoms with Gasteiger partial charge in [-0.3, -0.25) is 19.5 Å². The second-order valence-corrected chi connectivity index (χ2v) is 8.70. The molecule has 2 fully saturated rings. The van der Waals surface area contributed by atoms with Crippen molar-refractivity contribution in [2.24, 2.45) is 4.99 Å². The SMILES string of the molecule is CN=C(NCCCC(=O)N1Cc2ccccc2C1)N1CCN(CC(=O)NC2CC2)CC1.I. The molecule has 0 spiro atoms. The number of hydrogen-bond acceptors (Lipinski definition) is 4. The molecule has 4 rings (SSSR count). The van der Waals surface area contributed by atoms with Gasteiger partial charge >= 0.3 is 0 Å². The molecule has 2 heterocycles. The van der Waals surface area contributed by atoms with Crippen molar-refractivity contribution in [1.29, 1.82) is 0 Å². The molecule has 1 aromatic rings. The highest BCUT2D eigenvalue weighted by atomic mass is 127. The molecule has 1 saturated heterocycles. The zero-order valence-electron chi connectivity index (χ0n) is 18.9. The van der Waals surface area contributed by atoms with Crippen LogP contribution in [0, 0.1) is 0 Å². The number of aliphatic imine (C=N–C) groups is 1. The van der Waals surface area contributed by atoms with Gasteiger partial charge in [0.2, 0.25) is 11.8 Å². The van der Waals surface area contributed by atoms with E-state index in [9.17, 15) is 9.59 Å². The van der Waals surface area contributed by atoms with Gasteiger partial charge in [-0.15, -0.1) is 24.0 Å². The Morgan fingerprint density at radius 1 is 1.03 bits per heavy atom. The highest BCUT2D eigenvalue weighted by molar-refractivity contribution is 14.0. The van der Waals surface area contributed by atoms with Crippen LogP contribution in [-0.4, -0.2) is 84.8 Å². The van der Waals surface area contributed by atoms with E-state index in [1.54, 1.807) is 7.05 Å². The second-order valence-electron chi connectivity index (χ2n) is 8.70. The number of carbonyl (C=O) groups is 2. The summed E-state index contributed by atoms with van der Waals surface area (Å²) in [5, 5.41) is 6.45. The number of hydrogen-bond donors (Lipinski definition) is 2. The summed E-state index contributed by atoms with van der Waals surface area (Å²) in [6, 6.07) is 8.70. The minimum absolute atomic E-state index is 0. The Balaban J connectivity index is 0.00000289. The number of piperazine rings is 1. The number of guanidine groups is 1. The first-order chi connectivity index (χ1) is 15.1. The van der Waals surface area contributed by atoms with Crippen LogP contribution in [0.3, 0.4) is 0 Å². The number of nitrogens with one attached hydrogen (secondary N) is 2. The maximum absolute atomic E-state index is 12.5. The van der Waals surface area contributed by atoms with Crippen molar-refractivity contribution in [2.45, 2.75) is 44.8 Å². The van der Waals surface area contributed by atoms with E-state index in [-0.39, 0.29) is 35.8 Å². The van der Waals surface area contributed by atoms with Crippen LogP contribution in [-0.2, 0) is 22.7 Å². The number of rotatable bonds is 7. The number of amides is 2. The summed E-state index contributed by atoms with van der Waals surface area (Å²) >= 11 is 0. The first kappa shape index (κ1) is 24.8. The molecule has 2 amide bonds. The normalized spacial score (nSPS) is 18.7. The van der Waals surface area contributed by atoms with Gasteiger partial charge < -0.3 is 20.4 Å². The van der Waals surface area contributed by atoms with Crippen molar-refractivity contribution >= 4 is 41.8 Å². The standard InChI is InChI=1S/C23H34N6O2.HI/c1-24-23(28-13-11-27(12-14-28)17-21(30)26-20-8-9-20)25-10-4-7-22(31)29-15-18-5-2-3-6-19(18)16-29;/h2-3,5-6,20H,4,7-17H2,1H3,(H,24,25)(H,26,30);1H. The summed E-state index contributed by atoms with van der Waals surface area (Å²) < 4.78 is 0. The molecule has 32 heavy (non-hydrogen) atoms. The monoisotopic (exact) mass is 554 g/mol. The minimum Gasteiger partial charge on any atom is -0.356 e. The number of fused-ring (bicyclic) bond motifs is 1. The number of carbonyl (C=O) groups excluding carboxylic acids is 2. The Morgan fingerprint density at radius 3 is 2.28 bits per heavy atom. The van der Waals surface area contributed by atoms with Crippen molar-refractivity contribution in [3.05, 3.63) is 35.4 Å². The average molecular weight is 554 g/mol. The zero-order valence-corrected chi connectivity index (χ0v) is 21.2. The molecule has 1 aliphatic carbocycles. The van der Waals surface area contributed by atoms with E-state index in [2.05, 4.69) is 37.6 Å². The van der Waals surface area contributed by atoms with Crippen LogP contribution < -0.4 is 10.6 Å². The highest BCUT2D eigenvalue weighted by Crippen LogP contribution is 2.23. The summed E-state index contributed by atoms with van der Waals surface area (Å²) in [5.74, 6) is 1.23. The van der Waals surface area contributed by atoms with Gasteiger partial charge in [0.15, 0.2) is 5.96 Å². The van der Waals surface area contributed by atoms with Crippen LogP contribution in [0.15, 0.2) is 29.3 Å². The van der Waals surface area contributed by atoms with Crippen LogP contribution in [0.1, 0.15) is 36.8 Å². The van der Waals surface area contributed by atoms with Gasteiger partial charge in [0.1, 0.15) is 0 Å². The van der Waals surface area contributed by atoms with Crippen molar-refractivity contribution in [3.8, 4) is 0 Å². The van der Waals surface area contributed by atoms with Gasteiger partial charge in [-0.05, 0) is 30.4 Å². The van der Waals surface area contributed by atoms with Crippen molar-refractivity contribution in [3.63, 3.8) is 0 Å². The molecule has 1 aromatic carbocycles. The van der Waals surface area contributed by atoms with Crippen LogP contribution >= 0.6 is 24.0 Å². The summed E-state index contributed by atoms with van der Waals surface area (Å²) in [6.45, 7) is 6.07. The number of benzene rings is 1. The second kappa shape index (κ2) is 11.8. The molecular formula is C23H35IN6O2. The Bertz CT molecular complexity index is 795. The van der Waals surface area contributed by atoms with Crippen LogP contribution in [0.2, 0.25) is 0 Å². The predicted molar refractivity (Wildman–Crippen MR) is 136 cm³/mol. The van der Waals surface area contributed by atoms with E-state index in [0.717, 1.165) is 71.0 Å². The topological polar surface area (TPSA) is 80.3 Å². The molecule has 8 nitrogen and oxygen atoms in total. The molecule has 0 unspecified atom stereocenters. The lowest BCUT2D eigenvalue weighted by Gasteiger charge is -2.36. The van der Waals surface area contributed by atoms with Crippen LogP contribution in [0.25, 0.3) is 0 Å². The van der Waals surface area contributed by atoms with E-state index in [4.69, 9.17) is 0 Å². The van der Waals surface area contributed by atoms with Gasteiger partial charge in [0.25, 0.3) is 0 Å². The smallest absolute Gasteiger partial charge is 0.234 e. The molecule has 9 heteroatoms. The molecule has 176 valence electrons. The number of halogens is 1. The Labute approximate surface area is 207 Å². The Morgan fingerprint density at radius 2 is 1.69 bits per heavy atom. The van der Waals surface area contributed by atoms with E-state index < -0.39 is 0 Å². The quantitative estimate of drug-likeness (QED) is 0.231. The lowest BCUT2D eigenvalue weighted by molar-refractivity contribution is -0.131. The maximum atomic E-state index is 12.5. The van der Waals surface area contributed by atoms with Crippen LogP contribution in [0.5, 0.6) is 0 Å². The fourth-order valence-electron chi connectivity index (χ4n) is 4.26. The largest absolute Gasteiger partial charge is 0.356 e. The summed E-state index contributed by atoms with van der Waals surface area (Å²) in [7, 11) is 1.80. The summed E-state index contributed by atoms with van der Waals surface area (Å²) in [5.41, 5.74) is 2.53. The van der Waals surface area contributed by atoms with Gasteiger partial charge in [-0.2, -0.15) is 0 Å². The van der Waals surface area contributed by atoms with E-state index >= 15 is 0 Å². The molecule has 0 atom stereocenters. The zero-order chi connectivity index (χ0) is 21.6. The van der Waals surface area contributed by atoms with E-state index in [0.29, 0.717) is 19.0 Å². The third kappa shape index (κ3) is 6.81. The molecule has 0 radical (unpaired) electrons. The number of nitrogens with zero attached hydrogens (tertiary/aromatic N) is 4. The first-order valence-corrected chi connectivity index (χ1v) is 11.4. The molecule has 2 aliphatic heterocycles.